The van der Waals surface area contributed by atoms with E-state index >= 15 is 0 Å². The zero-order valence-corrected chi connectivity index (χ0v) is 5.94. The summed E-state index contributed by atoms with van der Waals surface area (Å²) in [5, 5.41) is 0. The van der Waals surface area contributed by atoms with Crippen LogP contribution in [-0.2, 0) is 0 Å². The van der Waals surface area contributed by atoms with Crippen LogP contribution in [0.1, 0.15) is 20.8 Å². The normalized spacial score (nSPS) is 9.12. The largest absolute Gasteiger partial charge is 0.404 e. The third-order valence-corrected chi connectivity index (χ3v) is 0.585. The van der Waals surface area contributed by atoms with Gasteiger partial charge < -0.3 is 5.73 Å². The maximum Gasteiger partial charge on any atom is -0.00328 e. The highest BCUT2D eigenvalue weighted by molar-refractivity contribution is 5.10. The molecule has 0 aromatic carbocycles. The van der Waals surface area contributed by atoms with Gasteiger partial charge >= 0.3 is 0 Å². The van der Waals surface area contributed by atoms with Gasteiger partial charge in [0.25, 0.3) is 0 Å². The van der Waals surface area contributed by atoms with Crippen LogP contribution < -0.4 is 5.73 Å². The van der Waals surface area contributed by atoms with Gasteiger partial charge in [-0.2, -0.15) is 0 Å². The fourth-order valence-electron chi connectivity index (χ4n) is 0.0680. The van der Waals surface area contributed by atoms with Crippen molar-refractivity contribution in [2.75, 3.05) is 0 Å². The fourth-order valence-corrected chi connectivity index (χ4v) is 0.0680. The lowest BCUT2D eigenvalue weighted by Crippen LogP contribution is -1.78. The number of rotatable bonds is 1. The molecule has 0 saturated heterocycles. The molecule has 1 nitrogen and oxygen atoms in total. The highest BCUT2D eigenvalue weighted by atomic mass is 14.5. The quantitative estimate of drug-likeness (QED) is 0.517. The Morgan fingerprint density at radius 1 is 1.50 bits per heavy atom. The minimum atomic E-state index is 1.01. The molecule has 0 aliphatic heterocycles. The van der Waals surface area contributed by atoms with Gasteiger partial charge in [-0.3, -0.25) is 0 Å². The first-order chi connectivity index (χ1) is 3.81. The van der Waals surface area contributed by atoms with Crippen LogP contribution in [0.4, 0.5) is 0 Å². The molecule has 1 heteroatoms. The van der Waals surface area contributed by atoms with Crippen LogP contribution in [0.5, 0.6) is 0 Å². The molecule has 2 N–H and O–H groups in total. The molecule has 0 saturated carbocycles. The van der Waals surface area contributed by atoms with Crippen molar-refractivity contribution >= 4 is 0 Å². The maximum atomic E-state index is 5.05. The SMILES string of the molecule is C=C/C(C)=C\N.CC. The molecule has 0 unspecified atom stereocenters. The summed E-state index contributed by atoms with van der Waals surface area (Å²) in [6.07, 6.45) is 3.23. The Bertz CT molecular complexity index is 72.5. The summed E-state index contributed by atoms with van der Waals surface area (Å²) in [5.41, 5.74) is 6.06. The van der Waals surface area contributed by atoms with Crippen molar-refractivity contribution in [1.29, 1.82) is 0 Å². The van der Waals surface area contributed by atoms with E-state index in [1.807, 2.05) is 20.8 Å². The van der Waals surface area contributed by atoms with Gasteiger partial charge in [-0.05, 0) is 18.7 Å². The van der Waals surface area contributed by atoms with E-state index in [1.54, 1.807) is 6.08 Å². The highest BCUT2D eigenvalue weighted by Crippen LogP contribution is 1.84. The molecule has 0 aliphatic rings. The number of nitrogens with two attached hydrogens (primary N) is 1. The van der Waals surface area contributed by atoms with Crippen molar-refractivity contribution in [3.63, 3.8) is 0 Å². The molecule has 0 amide bonds. The zero-order valence-electron chi connectivity index (χ0n) is 5.94. The van der Waals surface area contributed by atoms with Gasteiger partial charge in [0.15, 0.2) is 0 Å². The van der Waals surface area contributed by atoms with E-state index < -0.39 is 0 Å². The van der Waals surface area contributed by atoms with Crippen molar-refractivity contribution in [2.24, 2.45) is 5.73 Å². The second-order valence-electron chi connectivity index (χ2n) is 1.11. The number of hydrogen-bond donors (Lipinski definition) is 1. The van der Waals surface area contributed by atoms with Gasteiger partial charge in [0.1, 0.15) is 0 Å². The van der Waals surface area contributed by atoms with Crippen LogP contribution in [0, 0.1) is 0 Å². The third-order valence-electron chi connectivity index (χ3n) is 0.585. The Labute approximate surface area is 51.9 Å². The second-order valence-corrected chi connectivity index (χ2v) is 1.11. The lowest BCUT2D eigenvalue weighted by molar-refractivity contribution is 1.44. The summed E-state index contributed by atoms with van der Waals surface area (Å²) in [6, 6.07) is 0. The van der Waals surface area contributed by atoms with Gasteiger partial charge in [-0.15, -0.1) is 0 Å². The predicted molar refractivity (Wildman–Crippen MR) is 39.5 cm³/mol. The molecule has 8 heavy (non-hydrogen) atoms. The van der Waals surface area contributed by atoms with Gasteiger partial charge in [0.2, 0.25) is 0 Å². The van der Waals surface area contributed by atoms with Gasteiger partial charge in [-0.1, -0.05) is 26.5 Å². The highest BCUT2D eigenvalue weighted by Gasteiger charge is 1.67. The van der Waals surface area contributed by atoms with E-state index in [4.69, 9.17) is 5.73 Å². The topological polar surface area (TPSA) is 26.0 Å². The summed E-state index contributed by atoms with van der Waals surface area (Å²) in [4.78, 5) is 0. The maximum absolute atomic E-state index is 5.05. The molecule has 0 radical (unpaired) electrons. The average Bonchev–Trinajstić information content (AvgIpc) is 1.91. The van der Waals surface area contributed by atoms with Crippen molar-refractivity contribution in [2.45, 2.75) is 20.8 Å². The first-order valence-corrected chi connectivity index (χ1v) is 2.82. The van der Waals surface area contributed by atoms with Crippen LogP contribution in [0.15, 0.2) is 24.4 Å². The van der Waals surface area contributed by atoms with E-state index in [-0.39, 0.29) is 0 Å². The van der Waals surface area contributed by atoms with Crippen LogP contribution in [0.3, 0.4) is 0 Å². The van der Waals surface area contributed by atoms with Crippen molar-refractivity contribution in [1.82, 2.24) is 0 Å². The molecule has 0 aliphatic carbocycles. The van der Waals surface area contributed by atoms with E-state index in [0.29, 0.717) is 0 Å². The molecule has 48 valence electrons. The second kappa shape index (κ2) is 9.56. The molecule has 0 atom stereocenters. The van der Waals surface area contributed by atoms with Crippen LogP contribution >= 0.6 is 0 Å². The predicted octanol–water partition coefficient (Wildman–Crippen LogP) is 2.06. The Morgan fingerprint density at radius 2 is 1.88 bits per heavy atom. The molecule has 0 aromatic rings. The standard InChI is InChI=1S/C5H9N.C2H6/c1-3-5(2)4-6;1-2/h3-4H,1,6H2,2H3;1-2H3/b5-4-;. The molecule has 0 rings (SSSR count). The Balaban J connectivity index is 0. The summed E-state index contributed by atoms with van der Waals surface area (Å²) in [6.45, 7) is 9.38. The minimum Gasteiger partial charge on any atom is -0.404 e. The monoisotopic (exact) mass is 113 g/mol. The summed E-state index contributed by atoms with van der Waals surface area (Å²) >= 11 is 0. The van der Waals surface area contributed by atoms with Crippen molar-refractivity contribution in [3.05, 3.63) is 24.4 Å². The minimum absolute atomic E-state index is 1.01. The van der Waals surface area contributed by atoms with E-state index in [2.05, 4.69) is 6.58 Å². The lowest BCUT2D eigenvalue weighted by Gasteiger charge is -1.78. The molecular formula is C7H15N. The van der Waals surface area contributed by atoms with E-state index in [9.17, 15) is 0 Å². The van der Waals surface area contributed by atoms with Crippen LogP contribution in [0.2, 0.25) is 0 Å². The van der Waals surface area contributed by atoms with Crippen LogP contribution in [0.25, 0.3) is 0 Å². The third kappa shape index (κ3) is 8.99. The van der Waals surface area contributed by atoms with Gasteiger partial charge in [0.05, 0.1) is 0 Å². The number of allylic oxidation sites excluding steroid dienone is 2. The van der Waals surface area contributed by atoms with Crippen molar-refractivity contribution in [3.8, 4) is 0 Å². The molecule has 0 bridgehead atoms. The lowest BCUT2D eigenvalue weighted by atomic mass is 10.3. The molecule has 0 fully saturated rings. The summed E-state index contributed by atoms with van der Waals surface area (Å²) in [7, 11) is 0. The van der Waals surface area contributed by atoms with Gasteiger partial charge in [0, 0.05) is 0 Å². The molecule has 0 spiro atoms. The van der Waals surface area contributed by atoms with E-state index in [1.165, 1.54) is 6.20 Å². The molecule has 0 aromatic heterocycles. The van der Waals surface area contributed by atoms with Crippen molar-refractivity contribution < 1.29 is 0 Å². The first kappa shape index (κ1) is 10.3. The Morgan fingerprint density at radius 3 is 1.88 bits per heavy atom. The fraction of sp³-hybridized carbons (Fsp3) is 0.429. The smallest absolute Gasteiger partial charge is 0.00328 e. The zero-order chi connectivity index (χ0) is 6.99. The van der Waals surface area contributed by atoms with Crippen LogP contribution in [-0.4, -0.2) is 0 Å². The first-order valence-electron chi connectivity index (χ1n) is 2.82. The summed E-state index contributed by atoms with van der Waals surface area (Å²) in [5.74, 6) is 0. The van der Waals surface area contributed by atoms with Gasteiger partial charge in [-0.25, -0.2) is 0 Å². The average molecular weight is 113 g/mol. The summed E-state index contributed by atoms with van der Waals surface area (Å²) < 4.78 is 0. The van der Waals surface area contributed by atoms with E-state index in [0.717, 1.165) is 5.57 Å². The molecule has 0 heterocycles. The Hall–Kier alpha value is -0.720. The Kier molecular flexibility index (Phi) is 12.3. The number of hydrogen-bond acceptors (Lipinski definition) is 1. The molecular weight excluding hydrogens is 98.1 g/mol.